The third-order valence-corrected chi connectivity index (χ3v) is 1.92. The number of alkyl halides is 1. The van der Waals surface area contributed by atoms with Gasteiger partial charge in [0.15, 0.2) is 5.78 Å². The van der Waals surface area contributed by atoms with E-state index in [0.29, 0.717) is 0 Å². The minimum Gasteiger partial charge on any atom is -0.293 e. The highest BCUT2D eigenvalue weighted by Crippen LogP contribution is 2.17. The summed E-state index contributed by atoms with van der Waals surface area (Å²) in [7, 11) is 0. The molecule has 0 heterocycles. The van der Waals surface area contributed by atoms with Crippen LogP contribution >= 0.6 is 23.2 Å². The van der Waals surface area contributed by atoms with Gasteiger partial charge in [0, 0.05) is 5.56 Å². The molecule has 0 spiro atoms. The number of hydrogen-bond acceptors (Lipinski definition) is 1. The van der Waals surface area contributed by atoms with Gasteiger partial charge in [-0.2, -0.15) is 0 Å². The van der Waals surface area contributed by atoms with Crippen LogP contribution in [0.3, 0.4) is 0 Å². The predicted molar refractivity (Wildman–Crippen MR) is 46.5 cm³/mol. The third kappa shape index (κ3) is 1.96. The molecule has 0 radical (unpaired) electrons. The first kappa shape index (κ1) is 9.49. The van der Waals surface area contributed by atoms with Crippen LogP contribution in [0.1, 0.15) is 10.4 Å². The van der Waals surface area contributed by atoms with Gasteiger partial charge in [0.05, 0.1) is 10.9 Å². The Bertz CT molecular complexity index is 312. The SMILES string of the molecule is O=C(CCl)c1cc(F)ccc1Cl. The molecule has 0 saturated carbocycles. The molecule has 0 atom stereocenters. The molecule has 0 aromatic heterocycles. The van der Waals surface area contributed by atoms with E-state index >= 15 is 0 Å². The smallest absolute Gasteiger partial charge is 0.179 e. The standard InChI is InChI=1S/C8H5Cl2FO/c9-4-8(12)6-3-5(11)1-2-7(6)10/h1-3H,4H2. The highest BCUT2D eigenvalue weighted by atomic mass is 35.5. The van der Waals surface area contributed by atoms with Crippen molar-refractivity contribution in [3.8, 4) is 0 Å². The molecule has 0 aliphatic carbocycles. The van der Waals surface area contributed by atoms with Gasteiger partial charge in [0.2, 0.25) is 0 Å². The summed E-state index contributed by atoms with van der Waals surface area (Å²) in [5, 5.41) is 0.224. The van der Waals surface area contributed by atoms with Gasteiger partial charge < -0.3 is 0 Å². The maximum Gasteiger partial charge on any atom is 0.179 e. The predicted octanol–water partition coefficient (Wildman–Crippen LogP) is 2.90. The zero-order chi connectivity index (χ0) is 9.14. The van der Waals surface area contributed by atoms with E-state index in [9.17, 15) is 9.18 Å². The number of rotatable bonds is 2. The zero-order valence-electron chi connectivity index (χ0n) is 5.98. The average molecular weight is 207 g/mol. The van der Waals surface area contributed by atoms with Crippen molar-refractivity contribution in [3.05, 3.63) is 34.6 Å². The van der Waals surface area contributed by atoms with Crippen LogP contribution in [0.25, 0.3) is 0 Å². The minimum absolute atomic E-state index is 0.131. The second-order valence-corrected chi connectivity index (χ2v) is 2.86. The molecule has 0 saturated heterocycles. The normalized spacial score (nSPS) is 9.92. The van der Waals surface area contributed by atoms with Crippen molar-refractivity contribution in [3.63, 3.8) is 0 Å². The summed E-state index contributed by atoms with van der Waals surface area (Å²) in [5.41, 5.74) is 0.131. The van der Waals surface area contributed by atoms with Gasteiger partial charge in [-0.25, -0.2) is 4.39 Å². The first-order chi connectivity index (χ1) is 5.65. The summed E-state index contributed by atoms with van der Waals surface area (Å²) in [6.07, 6.45) is 0. The van der Waals surface area contributed by atoms with Gasteiger partial charge in [-0.15, -0.1) is 11.6 Å². The van der Waals surface area contributed by atoms with E-state index in [4.69, 9.17) is 23.2 Å². The highest BCUT2D eigenvalue weighted by Gasteiger charge is 2.09. The Morgan fingerprint density at radius 1 is 1.50 bits per heavy atom. The number of Topliss-reactive ketones (excluding diaryl/α,β-unsaturated/α-hetero) is 1. The molecule has 1 aromatic carbocycles. The molecule has 0 bridgehead atoms. The van der Waals surface area contributed by atoms with Crippen molar-refractivity contribution in [2.45, 2.75) is 0 Å². The quantitative estimate of drug-likeness (QED) is 0.538. The maximum atomic E-state index is 12.6. The van der Waals surface area contributed by atoms with Crippen LogP contribution in [0, 0.1) is 5.82 Å². The Kier molecular flexibility index (Phi) is 3.06. The fourth-order valence-corrected chi connectivity index (χ4v) is 1.15. The van der Waals surface area contributed by atoms with E-state index in [1.165, 1.54) is 12.1 Å². The van der Waals surface area contributed by atoms with Crippen LogP contribution in [0.5, 0.6) is 0 Å². The second kappa shape index (κ2) is 3.87. The molecule has 1 aromatic rings. The Balaban J connectivity index is 3.13. The first-order valence-electron chi connectivity index (χ1n) is 3.19. The zero-order valence-corrected chi connectivity index (χ0v) is 7.49. The van der Waals surface area contributed by atoms with Crippen molar-refractivity contribution in [1.29, 1.82) is 0 Å². The third-order valence-electron chi connectivity index (χ3n) is 1.35. The fourth-order valence-electron chi connectivity index (χ4n) is 0.783. The molecule has 0 aliphatic rings. The van der Waals surface area contributed by atoms with Crippen molar-refractivity contribution in [2.75, 3.05) is 5.88 Å². The van der Waals surface area contributed by atoms with Crippen LogP contribution in [0.2, 0.25) is 5.02 Å². The van der Waals surface area contributed by atoms with Gasteiger partial charge in [0.25, 0.3) is 0 Å². The molecule has 0 amide bonds. The summed E-state index contributed by atoms with van der Waals surface area (Å²) < 4.78 is 12.6. The number of halogens is 3. The lowest BCUT2D eigenvalue weighted by molar-refractivity contribution is 0.102. The number of hydrogen-bond donors (Lipinski definition) is 0. The average Bonchev–Trinajstić information content (AvgIpc) is 2.08. The number of benzene rings is 1. The van der Waals surface area contributed by atoms with Crippen LogP contribution in [-0.4, -0.2) is 11.7 Å². The summed E-state index contributed by atoms with van der Waals surface area (Å²) in [6, 6.07) is 3.59. The molecule has 0 N–H and O–H groups in total. The van der Waals surface area contributed by atoms with Crippen molar-refractivity contribution in [1.82, 2.24) is 0 Å². The molecular formula is C8H5Cl2FO. The highest BCUT2D eigenvalue weighted by molar-refractivity contribution is 6.37. The van der Waals surface area contributed by atoms with Crippen molar-refractivity contribution >= 4 is 29.0 Å². The summed E-state index contributed by atoms with van der Waals surface area (Å²) in [4.78, 5) is 11.0. The molecule has 0 aliphatic heterocycles. The Morgan fingerprint density at radius 2 is 2.17 bits per heavy atom. The number of carbonyl (C=O) groups excluding carboxylic acids is 1. The molecule has 0 fully saturated rings. The number of ketones is 1. The summed E-state index contributed by atoms with van der Waals surface area (Å²) >= 11 is 10.9. The monoisotopic (exact) mass is 206 g/mol. The Morgan fingerprint density at radius 3 is 2.75 bits per heavy atom. The van der Waals surface area contributed by atoms with Crippen molar-refractivity contribution in [2.24, 2.45) is 0 Å². The molecule has 4 heteroatoms. The van der Waals surface area contributed by atoms with Crippen LogP contribution in [0.4, 0.5) is 4.39 Å². The minimum atomic E-state index is -0.493. The molecule has 12 heavy (non-hydrogen) atoms. The second-order valence-electron chi connectivity index (χ2n) is 2.18. The van der Waals surface area contributed by atoms with Crippen LogP contribution < -0.4 is 0 Å². The van der Waals surface area contributed by atoms with E-state index in [0.717, 1.165) is 6.07 Å². The largest absolute Gasteiger partial charge is 0.293 e. The summed E-state index contributed by atoms with van der Waals surface area (Å²) in [5.74, 6) is -1.06. The van der Waals surface area contributed by atoms with Crippen molar-refractivity contribution < 1.29 is 9.18 Å². The Labute approximate surface area is 79.1 Å². The van der Waals surface area contributed by atoms with Gasteiger partial charge in [-0.1, -0.05) is 11.6 Å². The summed E-state index contributed by atoms with van der Waals surface area (Å²) in [6.45, 7) is 0. The Hall–Kier alpha value is -0.600. The van der Waals surface area contributed by atoms with E-state index in [-0.39, 0.29) is 22.2 Å². The number of carbonyl (C=O) groups is 1. The van der Waals surface area contributed by atoms with E-state index in [1.54, 1.807) is 0 Å². The van der Waals surface area contributed by atoms with Gasteiger partial charge in [-0.3, -0.25) is 4.79 Å². The van der Waals surface area contributed by atoms with E-state index in [2.05, 4.69) is 0 Å². The van der Waals surface area contributed by atoms with Gasteiger partial charge in [0.1, 0.15) is 5.82 Å². The molecule has 0 unspecified atom stereocenters. The lowest BCUT2D eigenvalue weighted by atomic mass is 10.1. The van der Waals surface area contributed by atoms with E-state index < -0.39 is 5.82 Å². The molecular weight excluding hydrogens is 202 g/mol. The van der Waals surface area contributed by atoms with E-state index in [1.807, 2.05) is 0 Å². The fraction of sp³-hybridized carbons (Fsp3) is 0.125. The molecule has 1 rings (SSSR count). The maximum absolute atomic E-state index is 12.6. The van der Waals surface area contributed by atoms with Crippen LogP contribution in [0.15, 0.2) is 18.2 Å². The molecule has 64 valence electrons. The lowest BCUT2D eigenvalue weighted by Crippen LogP contribution is -2.01. The topological polar surface area (TPSA) is 17.1 Å². The molecule has 1 nitrogen and oxygen atoms in total. The van der Waals surface area contributed by atoms with Gasteiger partial charge >= 0.3 is 0 Å². The van der Waals surface area contributed by atoms with Gasteiger partial charge in [-0.05, 0) is 18.2 Å². The van der Waals surface area contributed by atoms with Crippen LogP contribution in [-0.2, 0) is 0 Å². The first-order valence-corrected chi connectivity index (χ1v) is 4.10. The lowest BCUT2D eigenvalue weighted by Gasteiger charge is -1.99.